The van der Waals surface area contributed by atoms with Gasteiger partial charge < -0.3 is 48.3 Å². The molecule has 0 aliphatic rings. The van der Waals surface area contributed by atoms with Gasteiger partial charge in [-0.25, -0.2) is 4.98 Å². The number of aliphatic carboxylic acids is 3. The predicted octanol–water partition coefficient (Wildman–Crippen LogP) is -3.19. The van der Waals surface area contributed by atoms with Gasteiger partial charge in [-0.3, -0.25) is 19.2 Å². The summed E-state index contributed by atoms with van der Waals surface area (Å²) in [5.41, 5.74) is 20.7. The number of nitrogens with two attached hydrogens (primary N) is 4. The number of hydrogen-bond donors (Lipinski definition) is 9. The van der Waals surface area contributed by atoms with Gasteiger partial charge in [0, 0.05) is 24.7 Å². The highest BCUT2D eigenvalue weighted by Gasteiger charge is 2.16. The molecule has 4 atom stereocenters. The normalized spacial score (nSPS) is 14.0. The number of aromatic amines is 1. The number of aliphatic hydroxyl groups excluding tert-OH is 1. The molecule has 166 valence electrons. The fourth-order valence-corrected chi connectivity index (χ4v) is 1.35. The Hall–Kier alpha value is -3.07. The highest BCUT2D eigenvalue weighted by molar-refractivity contribution is 5.77. The number of hydrogen-bond acceptors (Lipinski definition) is 9. The Morgan fingerprint density at radius 3 is 1.83 bits per heavy atom. The third kappa shape index (κ3) is 15.7. The third-order valence-electron chi connectivity index (χ3n) is 3.14. The number of carboxylic acid groups (broad SMARTS) is 3. The molecule has 4 unspecified atom stereocenters. The number of carboxylic acids is 3. The van der Waals surface area contributed by atoms with Crippen molar-refractivity contribution >= 4 is 23.8 Å². The van der Waals surface area contributed by atoms with E-state index in [-0.39, 0.29) is 19.3 Å². The zero-order valence-electron chi connectivity index (χ0n) is 15.8. The first-order valence-electron chi connectivity index (χ1n) is 8.18. The van der Waals surface area contributed by atoms with Crippen molar-refractivity contribution in [3.8, 4) is 0 Å². The van der Waals surface area contributed by atoms with Crippen LogP contribution in [-0.2, 0) is 25.6 Å². The van der Waals surface area contributed by atoms with Crippen molar-refractivity contribution in [2.24, 2.45) is 22.9 Å². The molecule has 14 heteroatoms. The average molecular weight is 420 g/mol. The highest BCUT2D eigenvalue weighted by atomic mass is 16.4. The van der Waals surface area contributed by atoms with Crippen molar-refractivity contribution in [2.75, 3.05) is 0 Å². The Morgan fingerprint density at radius 1 is 1.03 bits per heavy atom. The molecule has 14 nitrogen and oxygen atoms in total. The van der Waals surface area contributed by atoms with Gasteiger partial charge in [0.15, 0.2) is 0 Å². The van der Waals surface area contributed by atoms with E-state index < -0.39 is 48.0 Å². The Balaban J connectivity index is 0. The molecular formula is C15H28N6O8. The number of primary amides is 1. The minimum absolute atomic E-state index is 0.0213. The largest absolute Gasteiger partial charge is 0.480 e. The minimum Gasteiger partial charge on any atom is -0.480 e. The second-order valence-corrected chi connectivity index (χ2v) is 5.78. The van der Waals surface area contributed by atoms with E-state index in [1.165, 1.54) is 13.3 Å². The van der Waals surface area contributed by atoms with Crippen molar-refractivity contribution in [2.45, 2.75) is 50.4 Å². The van der Waals surface area contributed by atoms with E-state index in [0.29, 0.717) is 0 Å². The Kier molecular flexibility index (Phi) is 14.5. The van der Waals surface area contributed by atoms with Crippen molar-refractivity contribution in [1.29, 1.82) is 0 Å². The van der Waals surface area contributed by atoms with E-state index >= 15 is 0 Å². The van der Waals surface area contributed by atoms with Crippen LogP contribution in [0, 0.1) is 0 Å². The van der Waals surface area contributed by atoms with Gasteiger partial charge in [-0.15, -0.1) is 0 Å². The summed E-state index contributed by atoms with van der Waals surface area (Å²) in [6.07, 6.45) is 2.48. The maximum Gasteiger partial charge on any atom is 0.323 e. The topological polar surface area (TPSA) is 282 Å². The van der Waals surface area contributed by atoms with Crippen LogP contribution in [0.3, 0.4) is 0 Å². The number of nitrogens with one attached hydrogen (secondary N) is 1. The van der Waals surface area contributed by atoms with Crippen LogP contribution >= 0.6 is 0 Å². The summed E-state index contributed by atoms with van der Waals surface area (Å²) in [7, 11) is 0. The van der Waals surface area contributed by atoms with Gasteiger partial charge in [-0.05, 0) is 13.3 Å². The fraction of sp³-hybridized carbons (Fsp3) is 0.533. The van der Waals surface area contributed by atoms with Crippen molar-refractivity contribution in [3.63, 3.8) is 0 Å². The second kappa shape index (κ2) is 14.9. The van der Waals surface area contributed by atoms with Crippen LogP contribution in [0.1, 0.15) is 25.5 Å². The van der Waals surface area contributed by atoms with Crippen LogP contribution in [0.4, 0.5) is 0 Å². The van der Waals surface area contributed by atoms with Crippen molar-refractivity contribution in [1.82, 2.24) is 9.97 Å². The summed E-state index contributed by atoms with van der Waals surface area (Å²) in [6.45, 7) is 1.33. The molecule has 1 rings (SSSR count). The molecule has 0 saturated heterocycles. The fourth-order valence-electron chi connectivity index (χ4n) is 1.35. The van der Waals surface area contributed by atoms with Gasteiger partial charge in [0.25, 0.3) is 0 Å². The number of imidazole rings is 1. The lowest BCUT2D eigenvalue weighted by Crippen LogP contribution is -2.39. The summed E-state index contributed by atoms with van der Waals surface area (Å²) >= 11 is 0. The molecule has 29 heavy (non-hydrogen) atoms. The zero-order valence-corrected chi connectivity index (χ0v) is 15.8. The van der Waals surface area contributed by atoms with E-state index in [0.717, 1.165) is 5.69 Å². The SMILES string of the molecule is CC(O)C(N)C(=O)O.NC(=O)CCC(N)C(=O)O.NC(Cc1cnc[nH]1)C(=O)O. The molecule has 0 aromatic carbocycles. The Bertz CT molecular complexity index is 637. The number of aromatic nitrogens is 2. The van der Waals surface area contributed by atoms with Gasteiger partial charge in [0.2, 0.25) is 5.91 Å². The summed E-state index contributed by atoms with van der Waals surface area (Å²) < 4.78 is 0. The van der Waals surface area contributed by atoms with E-state index in [1.54, 1.807) is 6.20 Å². The molecule has 0 spiro atoms. The number of carbonyl (C=O) groups is 4. The number of amides is 1. The number of aliphatic hydroxyl groups is 1. The van der Waals surface area contributed by atoms with Crippen LogP contribution in [0.2, 0.25) is 0 Å². The minimum atomic E-state index is -1.18. The van der Waals surface area contributed by atoms with Gasteiger partial charge >= 0.3 is 17.9 Å². The molecule has 0 radical (unpaired) electrons. The zero-order chi connectivity index (χ0) is 23.1. The van der Waals surface area contributed by atoms with Gasteiger partial charge in [0.1, 0.15) is 18.1 Å². The van der Waals surface area contributed by atoms with E-state index in [1.807, 2.05) is 0 Å². The molecule has 13 N–H and O–H groups in total. The summed E-state index contributed by atoms with van der Waals surface area (Å²) in [5.74, 6) is -3.82. The summed E-state index contributed by atoms with van der Waals surface area (Å²) in [6, 6.07) is -2.99. The molecule has 0 fully saturated rings. The quantitative estimate of drug-likeness (QED) is 0.191. The smallest absolute Gasteiger partial charge is 0.323 e. The van der Waals surface area contributed by atoms with E-state index in [4.69, 9.17) is 43.4 Å². The average Bonchev–Trinajstić information content (AvgIpc) is 3.12. The van der Waals surface area contributed by atoms with Gasteiger partial charge in [-0.1, -0.05) is 0 Å². The second-order valence-electron chi connectivity index (χ2n) is 5.78. The predicted molar refractivity (Wildman–Crippen MR) is 99.2 cm³/mol. The first-order chi connectivity index (χ1) is 13.3. The number of rotatable bonds is 9. The number of carbonyl (C=O) groups excluding carboxylic acids is 1. The molecule has 0 aliphatic carbocycles. The molecule has 1 amide bonds. The van der Waals surface area contributed by atoms with Gasteiger partial charge in [-0.2, -0.15) is 0 Å². The van der Waals surface area contributed by atoms with Crippen molar-refractivity contribution < 1.29 is 39.6 Å². The van der Waals surface area contributed by atoms with Crippen LogP contribution in [0.25, 0.3) is 0 Å². The molecule has 1 heterocycles. The maximum atomic E-state index is 10.3. The van der Waals surface area contributed by atoms with Crippen LogP contribution in [-0.4, -0.2) is 78.4 Å². The van der Waals surface area contributed by atoms with Crippen LogP contribution < -0.4 is 22.9 Å². The summed E-state index contributed by atoms with van der Waals surface area (Å²) in [5, 5.41) is 33.2. The highest BCUT2D eigenvalue weighted by Crippen LogP contribution is 1.95. The summed E-state index contributed by atoms with van der Waals surface area (Å²) in [4.78, 5) is 46.8. The molecule has 1 aromatic rings. The van der Waals surface area contributed by atoms with Crippen LogP contribution in [0.5, 0.6) is 0 Å². The van der Waals surface area contributed by atoms with Crippen LogP contribution in [0.15, 0.2) is 12.5 Å². The third-order valence-corrected chi connectivity index (χ3v) is 3.14. The lowest BCUT2D eigenvalue weighted by Gasteiger charge is -2.06. The maximum absolute atomic E-state index is 10.3. The molecular weight excluding hydrogens is 392 g/mol. The molecule has 0 bridgehead atoms. The molecule has 0 saturated carbocycles. The monoisotopic (exact) mass is 420 g/mol. The van der Waals surface area contributed by atoms with E-state index in [9.17, 15) is 19.2 Å². The standard InChI is InChI=1S/C6H9N3O2.C5H10N2O3.C4H9NO3/c7-5(6(10)11)1-4-2-8-3-9-4;6-3(5(9)10)1-2-4(7)8;1-2(6)3(5)4(7)8/h2-3,5H,1,7H2,(H,8,9)(H,10,11);3H,1-2,6H2,(H2,7,8)(H,9,10);2-3,6H,5H2,1H3,(H,7,8). The number of nitrogens with zero attached hydrogens (tertiary/aromatic N) is 1. The number of H-pyrrole nitrogens is 1. The first-order valence-corrected chi connectivity index (χ1v) is 8.18. The van der Waals surface area contributed by atoms with E-state index in [2.05, 4.69) is 9.97 Å². The van der Waals surface area contributed by atoms with Gasteiger partial charge in [0.05, 0.1) is 12.4 Å². The lowest BCUT2D eigenvalue weighted by atomic mass is 10.2. The Morgan fingerprint density at radius 2 is 1.55 bits per heavy atom. The molecule has 1 aromatic heterocycles. The lowest BCUT2D eigenvalue weighted by molar-refractivity contribution is -0.141. The molecule has 0 aliphatic heterocycles. The Labute approximate surface area is 165 Å². The first kappa shape index (κ1) is 28.1. The van der Waals surface area contributed by atoms with Crippen molar-refractivity contribution in [3.05, 3.63) is 18.2 Å².